The minimum absolute atomic E-state index is 0. The average molecular weight is 310 g/mol. The lowest BCUT2D eigenvalue weighted by atomic mass is 9.72. The van der Waals surface area contributed by atoms with Crippen LogP contribution in [0.15, 0.2) is 41.7 Å². The normalized spacial score (nSPS) is 26.9. The van der Waals surface area contributed by atoms with E-state index in [1.807, 2.05) is 26.0 Å². The summed E-state index contributed by atoms with van der Waals surface area (Å²) in [5.41, 5.74) is 10.7. The summed E-state index contributed by atoms with van der Waals surface area (Å²) < 4.78 is 0. The Morgan fingerprint density at radius 1 is 1.43 bits per heavy atom. The lowest BCUT2D eigenvalue weighted by Crippen LogP contribution is -2.49. The smallest absolute Gasteiger partial charge is 0.133 e. The van der Waals surface area contributed by atoms with Crippen LogP contribution in [0.3, 0.4) is 0 Å². The number of hydrogen-bond donors (Lipinski definition) is 1. The summed E-state index contributed by atoms with van der Waals surface area (Å²) in [4.78, 5) is 12.0. The van der Waals surface area contributed by atoms with Gasteiger partial charge in [-0.3, -0.25) is 4.98 Å². The summed E-state index contributed by atoms with van der Waals surface area (Å²) in [6.45, 7) is 7.90. The molecule has 2 fully saturated rings. The molecule has 3 heterocycles. The van der Waals surface area contributed by atoms with Gasteiger partial charge < -0.3 is 10.6 Å². The number of allylic oxidation sites excluding steroid dienone is 2. The van der Waals surface area contributed by atoms with Crippen molar-refractivity contribution >= 4 is 11.4 Å². The molecule has 2 bridgehead atoms. The molecule has 4 heteroatoms. The van der Waals surface area contributed by atoms with E-state index in [0.717, 1.165) is 42.9 Å². The first kappa shape index (κ1) is 14.6. The fourth-order valence-corrected chi connectivity index (χ4v) is 3.67. The van der Waals surface area contributed by atoms with Crippen molar-refractivity contribution in [3.8, 4) is 0 Å². The molecular formula is C19H26N4. The van der Waals surface area contributed by atoms with Crippen molar-refractivity contribution < 1.29 is 1.43 Å². The Morgan fingerprint density at radius 3 is 2.78 bits per heavy atom. The first-order chi connectivity index (χ1) is 11.0. The predicted octanol–water partition coefficient (Wildman–Crippen LogP) is 3.85. The number of rotatable bonds is 4. The van der Waals surface area contributed by atoms with Crippen molar-refractivity contribution in [3.63, 3.8) is 0 Å². The Hall–Kier alpha value is -1.94. The predicted molar refractivity (Wildman–Crippen MR) is 96.8 cm³/mol. The quantitative estimate of drug-likeness (QED) is 0.679. The first-order valence-electron chi connectivity index (χ1n) is 8.46. The Labute approximate surface area is 139 Å². The van der Waals surface area contributed by atoms with E-state index in [4.69, 9.17) is 15.7 Å². The number of pyridine rings is 1. The Kier molecular flexibility index (Phi) is 3.20. The highest BCUT2D eigenvalue weighted by atomic mass is 15.3. The van der Waals surface area contributed by atoms with Gasteiger partial charge in [0.2, 0.25) is 0 Å². The van der Waals surface area contributed by atoms with Crippen molar-refractivity contribution in [2.45, 2.75) is 57.0 Å². The highest BCUT2D eigenvalue weighted by Gasteiger charge is 2.47. The second-order valence-electron chi connectivity index (χ2n) is 7.27. The molecular weight excluding hydrogens is 284 g/mol. The van der Waals surface area contributed by atoms with Gasteiger partial charge in [0.25, 0.3) is 0 Å². The van der Waals surface area contributed by atoms with E-state index < -0.39 is 0 Å². The molecule has 2 aliphatic heterocycles. The zero-order valence-electron chi connectivity index (χ0n) is 13.9. The minimum atomic E-state index is -0.168. The third-order valence-electron chi connectivity index (χ3n) is 5.18. The highest BCUT2D eigenvalue weighted by Crippen LogP contribution is 2.52. The summed E-state index contributed by atoms with van der Waals surface area (Å²) in [6, 6.07) is 4.83. The van der Waals surface area contributed by atoms with Crippen LogP contribution in [0.5, 0.6) is 0 Å². The molecule has 5 rings (SSSR count). The number of anilines is 1. The molecule has 2 saturated carbocycles. The van der Waals surface area contributed by atoms with Gasteiger partial charge in [-0.25, -0.2) is 4.99 Å². The van der Waals surface area contributed by atoms with E-state index in [9.17, 15) is 0 Å². The van der Waals surface area contributed by atoms with Gasteiger partial charge >= 0.3 is 0 Å². The second kappa shape index (κ2) is 5.03. The van der Waals surface area contributed by atoms with Gasteiger partial charge in [0.15, 0.2) is 0 Å². The Balaban J connectivity index is 0.00000169. The van der Waals surface area contributed by atoms with E-state index in [1.54, 1.807) is 0 Å². The Bertz CT molecular complexity index is 723. The number of nitrogens with zero attached hydrogens (tertiary/aromatic N) is 3. The number of aromatic nitrogens is 1. The molecule has 4 aliphatic rings. The maximum absolute atomic E-state index is 6.34. The van der Waals surface area contributed by atoms with Crippen LogP contribution >= 0.6 is 0 Å². The largest absolute Gasteiger partial charge is 0.322 e. The van der Waals surface area contributed by atoms with Crippen LogP contribution in [0.1, 0.15) is 58.3 Å². The van der Waals surface area contributed by atoms with E-state index in [0.29, 0.717) is 12.0 Å². The Morgan fingerprint density at radius 2 is 2.17 bits per heavy atom. The standard InChI is InChI=1S/C19H24N4.H2/c1-4-5-17(21-12(2)3)23-14-10-13(11-14)18-15(23)6-7-16(22-18)19(20)8-9-19;/h4-7,13-14H,1,8-11,20H2,2-3H3;1H/b17-5+;. The summed E-state index contributed by atoms with van der Waals surface area (Å²) in [6.07, 6.45) is 8.23. The summed E-state index contributed by atoms with van der Waals surface area (Å²) in [7, 11) is 0. The van der Waals surface area contributed by atoms with Crippen molar-refractivity contribution in [2.75, 3.05) is 4.90 Å². The topological polar surface area (TPSA) is 54.5 Å². The fourth-order valence-electron chi connectivity index (χ4n) is 3.67. The minimum Gasteiger partial charge on any atom is -0.322 e. The average Bonchev–Trinajstić information content (AvgIpc) is 3.22. The molecule has 2 N–H and O–H groups in total. The monoisotopic (exact) mass is 310 g/mol. The van der Waals surface area contributed by atoms with Gasteiger partial charge in [0.1, 0.15) is 5.82 Å². The fraction of sp³-hybridized carbons (Fsp3) is 0.474. The molecule has 2 aliphatic carbocycles. The van der Waals surface area contributed by atoms with Crippen molar-refractivity contribution in [3.05, 3.63) is 48.1 Å². The van der Waals surface area contributed by atoms with Gasteiger partial charge in [-0.15, -0.1) is 0 Å². The van der Waals surface area contributed by atoms with Crippen LogP contribution in [-0.2, 0) is 5.54 Å². The van der Waals surface area contributed by atoms with Gasteiger partial charge in [0, 0.05) is 19.1 Å². The molecule has 0 unspecified atom stereocenters. The molecule has 0 saturated heterocycles. The summed E-state index contributed by atoms with van der Waals surface area (Å²) in [5, 5.41) is 0. The van der Waals surface area contributed by atoms with Crippen LogP contribution < -0.4 is 10.6 Å². The number of nitrogens with two attached hydrogens (primary N) is 1. The number of hydrogen-bond acceptors (Lipinski definition) is 4. The SMILES string of the molecule is C=C/C=C(\N=C(C)C)N1c2ccc(C3(N)CC3)nc2C2CC1C2.[HH]. The maximum atomic E-state index is 6.34. The van der Waals surface area contributed by atoms with Crippen molar-refractivity contribution in [1.29, 1.82) is 0 Å². The summed E-state index contributed by atoms with van der Waals surface area (Å²) >= 11 is 0. The molecule has 0 radical (unpaired) electrons. The van der Waals surface area contributed by atoms with Crippen molar-refractivity contribution in [1.82, 2.24) is 4.98 Å². The van der Waals surface area contributed by atoms with Crippen molar-refractivity contribution in [2.24, 2.45) is 10.7 Å². The molecule has 1 aromatic heterocycles. The third kappa shape index (κ3) is 2.32. The van der Waals surface area contributed by atoms with E-state index in [1.165, 1.54) is 11.4 Å². The van der Waals surface area contributed by atoms with Crippen LogP contribution in [0.2, 0.25) is 0 Å². The van der Waals surface area contributed by atoms with Crippen LogP contribution in [0, 0.1) is 0 Å². The van der Waals surface area contributed by atoms with Crippen LogP contribution in [-0.4, -0.2) is 16.7 Å². The lowest BCUT2D eigenvalue weighted by molar-refractivity contribution is 0.311. The summed E-state index contributed by atoms with van der Waals surface area (Å²) in [5.74, 6) is 1.55. The van der Waals surface area contributed by atoms with Gasteiger partial charge in [-0.1, -0.05) is 12.7 Å². The van der Waals surface area contributed by atoms with Gasteiger partial charge in [0.05, 0.1) is 22.6 Å². The van der Waals surface area contributed by atoms with E-state index in [-0.39, 0.29) is 6.97 Å². The van der Waals surface area contributed by atoms with Crippen LogP contribution in [0.25, 0.3) is 0 Å². The van der Waals surface area contributed by atoms with Crippen LogP contribution in [0.4, 0.5) is 5.69 Å². The molecule has 23 heavy (non-hydrogen) atoms. The van der Waals surface area contributed by atoms with E-state index >= 15 is 0 Å². The lowest BCUT2D eigenvalue weighted by Gasteiger charge is -2.50. The molecule has 0 atom stereocenters. The zero-order valence-corrected chi connectivity index (χ0v) is 13.9. The molecule has 1 aromatic rings. The molecule has 0 amide bonds. The molecule has 0 spiro atoms. The molecule has 122 valence electrons. The van der Waals surface area contributed by atoms with Gasteiger partial charge in [-0.2, -0.15) is 0 Å². The zero-order chi connectivity index (χ0) is 16.2. The first-order valence-corrected chi connectivity index (χ1v) is 8.46. The highest BCUT2D eigenvalue weighted by molar-refractivity contribution is 5.81. The van der Waals surface area contributed by atoms with E-state index in [2.05, 4.69) is 23.6 Å². The third-order valence-corrected chi connectivity index (χ3v) is 5.18. The number of aliphatic imine (C=N–C) groups is 1. The molecule has 0 aromatic carbocycles. The van der Waals surface area contributed by atoms with Gasteiger partial charge in [-0.05, 0) is 57.7 Å². The second-order valence-corrected chi connectivity index (χ2v) is 7.27. The maximum Gasteiger partial charge on any atom is 0.133 e. The molecule has 4 nitrogen and oxygen atoms in total.